The number of ether oxygens (including phenoxy) is 2. The van der Waals surface area contributed by atoms with Gasteiger partial charge in [0, 0.05) is 24.8 Å². The van der Waals surface area contributed by atoms with E-state index in [0.29, 0.717) is 13.0 Å². The second-order valence-electron chi connectivity index (χ2n) is 15.1. The highest BCUT2D eigenvalue weighted by molar-refractivity contribution is 8.00. The van der Waals surface area contributed by atoms with Crippen molar-refractivity contribution in [3.63, 3.8) is 0 Å². The van der Waals surface area contributed by atoms with E-state index >= 15 is 0 Å². The SMILES string of the molecule is CCC(C)[C@H](NC[C@@H](NC(=O)[C@H](CSC(c1ccccc1)(c1ccccc1)c1ccccc1)NC(=O)OC(C)(C)C)C(C)CC)C(=O)N[C@H]1CCOC1=O. The Balaban J connectivity index is 1.65. The molecule has 0 radical (unpaired) electrons. The number of hydrogen-bond acceptors (Lipinski definition) is 8. The summed E-state index contributed by atoms with van der Waals surface area (Å²) in [5, 5.41) is 12.4. The standard InChI is InChI=1S/C43H58N4O6S/c1-8-29(3)35(27-44-37(30(4)9-2)39(49)45-34-25-26-52-40(34)50)46-38(48)36(47-41(51)53-42(5,6)7)28-54-43(31-19-13-10-14-20-31,32-21-15-11-16-22-32)33-23-17-12-18-24-33/h10-24,29-30,34-37,44H,8-9,25-28H2,1-7H3,(H,45,49)(H,46,48)(H,47,51)/t29?,30?,34-,35+,36-,37-/m0/s1. The summed E-state index contributed by atoms with van der Waals surface area (Å²) >= 11 is 1.57. The molecular formula is C43H58N4O6S. The monoisotopic (exact) mass is 758 g/mol. The van der Waals surface area contributed by atoms with E-state index in [9.17, 15) is 19.2 Å². The zero-order valence-corrected chi connectivity index (χ0v) is 33.5. The summed E-state index contributed by atoms with van der Waals surface area (Å²) < 4.78 is 9.98. The predicted octanol–water partition coefficient (Wildman–Crippen LogP) is 6.57. The molecular weight excluding hydrogens is 701 g/mol. The number of carbonyl (C=O) groups is 4. The number of cyclic esters (lactones) is 1. The number of nitrogens with one attached hydrogen (secondary N) is 4. The molecule has 3 aromatic carbocycles. The molecule has 4 rings (SSSR count). The molecule has 0 spiro atoms. The number of amides is 3. The molecule has 0 aromatic heterocycles. The Labute approximate surface area is 325 Å². The van der Waals surface area contributed by atoms with Crippen LogP contribution in [-0.2, 0) is 28.6 Å². The van der Waals surface area contributed by atoms with Crippen LogP contribution in [0.5, 0.6) is 0 Å². The van der Waals surface area contributed by atoms with Gasteiger partial charge in [-0.15, -0.1) is 11.8 Å². The van der Waals surface area contributed by atoms with Crippen LogP contribution >= 0.6 is 11.8 Å². The van der Waals surface area contributed by atoms with Crippen molar-refractivity contribution < 1.29 is 28.7 Å². The number of hydrogen-bond donors (Lipinski definition) is 4. The van der Waals surface area contributed by atoms with Crippen molar-refractivity contribution >= 4 is 35.6 Å². The van der Waals surface area contributed by atoms with Gasteiger partial charge in [-0.2, -0.15) is 0 Å². The first-order chi connectivity index (χ1) is 25.8. The van der Waals surface area contributed by atoms with Gasteiger partial charge in [0.2, 0.25) is 11.8 Å². The summed E-state index contributed by atoms with van der Waals surface area (Å²) in [6.07, 6.45) is 1.24. The van der Waals surface area contributed by atoms with Crippen molar-refractivity contribution in [1.82, 2.24) is 21.3 Å². The topological polar surface area (TPSA) is 135 Å². The Morgan fingerprint density at radius 3 is 1.76 bits per heavy atom. The first-order valence-electron chi connectivity index (χ1n) is 19.1. The van der Waals surface area contributed by atoms with E-state index in [1.54, 1.807) is 32.5 Å². The Morgan fingerprint density at radius 1 is 0.796 bits per heavy atom. The summed E-state index contributed by atoms with van der Waals surface area (Å²) in [5.74, 6) is -0.869. The molecule has 0 aliphatic carbocycles. The van der Waals surface area contributed by atoms with Gasteiger partial charge in [0.25, 0.3) is 0 Å². The minimum absolute atomic E-state index is 0.0266. The van der Waals surface area contributed by atoms with Gasteiger partial charge in [-0.05, 0) is 49.3 Å². The quantitative estimate of drug-likeness (QED) is 0.0846. The van der Waals surface area contributed by atoms with Crippen LogP contribution in [0.15, 0.2) is 91.0 Å². The molecule has 1 saturated heterocycles. The number of carbonyl (C=O) groups excluding carboxylic acids is 4. The summed E-state index contributed by atoms with van der Waals surface area (Å²) in [4.78, 5) is 53.4. The molecule has 2 unspecified atom stereocenters. The number of rotatable bonds is 18. The maximum atomic E-state index is 14.5. The Morgan fingerprint density at radius 2 is 1.31 bits per heavy atom. The van der Waals surface area contributed by atoms with E-state index in [4.69, 9.17) is 9.47 Å². The van der Waals surface area contributed by atoms with Crippen molar-refractivity contribution in [2.24, 2.45) is 11.8 Å². The third-order valence-electron chi connectivity index (χ3n) is 9.98. The highest BCUT2D eigenvalue weighted by atomic mass is 32.2. The second-order valence-corrected chi connectivity index (χ2v) is 16.3. The van der Waals surface area contributed by atoms with Gasteiger partial charge in [0.05, 0.1) is 17.4 Å². The average molecular weight is 759 g/mol. The van der Waals surface area contributed by atoms with Gasteiger partial charge in [0.15, 0.2) is 0 Å². The van der Waals surface area contributed by atoms with Gasteiger partial charge in [-0.25, -0.2) is 9.59 Å². The van der Waals surface area contributed by atoms with Crippen molar-refractivity contribution in [2.45, 2.75) is 102 Å². The lowest BCUT2D eigenvalue weighted by atomic mass is 9.84. The van der Waals surface area contributed by atoms with Crippen LogP contribution in [-0.4, -0.2) is 72.5 Å². The predicted molar refractivity (Wildman–Crippen MR) is 215 cm³/mol. The van der Waals surface area contributed by atoms with E-state index in [1.807, 2.05) is 68.4 Å². The fourth-order valence-corrected chi connectivity index (χ4v) is 8.06. The lowest BCUT2D eigenvalue weighted by Crippen LogP contribution is -2.58. The molecule has 3 aromatic rings. The third-order valence-corrected chi connectivity index (χ3v) is 11.6. The van der Waals surface area contributed by atoms with Crippen LogP contribution in [0.25, 0.3) is 0 Å². The van der Waals surface area contributed by atoms with Crippen molar-refractivity contribution in [3.8, 4) is 0 Å². The fraction of sp³-hybridized carbons (Fsp3) is 0.488. The van der Waals surface area contributed by atoms with Crippen molar-refractivity contribution in [3.05, 3.63) is 108 Å². The highest BCUT2D eigenvalue weighted by Crippen LogP contribution is 2.48. The lowest BCUT2D eigenvalue weighted by Gasteiger charge is -2.37. The van der Waals surface area contributed by atoms with Gasteiger partial charge < -0.3 is 30.7 Å². The van der Waals surface area contributed by atoms with E-state index in [-0.39, 0.29) is 42.1 Å². The van der Waals surface area contributed by atoms with Crippen LogP contribution in [0.4, 0.5) is 4.79 Å². The zero-order chi connectivity index (χ0) is 39.3. The minimum atomic E-state index is -0.978. The molecule has 292 valence electrons. The zero-order valence-electron chi connectivity index (χ0n) is 32.7. The molecule has 0 bridgehead atoms. The molecule has 11 heteroatoms. The largest absolute Gasteiger partial charge is 0.464 e. The molecule has 4 N–H and O–H groups in total. The van der Waals surface area contributed by atoms with Gasteiger partial charge in [-0.1, -0.05) is 132 Å². The second kappa shape index (κ2) is 19.8. The van der Waals surface area contributed by atoms with Crippen LogP contribution < -0.4 is 21.3 Å². The van der Waals surface area contributed by atoms with Crippen LogP contribution in [0, 0.1) is 11.8 Å². The molecule has 10 nitrogen and oxygen atoms in total. The van der Waals surface area contributed by atoms with Crippen LogP contribution in [0.3, 0.4) is 0 Å². The number of esters is 1. The smallest absolute Gasteiger partial charge is 0.408 e. The average Bonchev–Trinajstić information content (AvgIpc) is 3.57. The first kappa shape index (κ1) is 42.4. The van der Waals surface area contributed by atoms with E-state index in [2.05, 4.69) is 71.5 Å². The lowest BCUT2D eigenvalue weighted by molar-refractivity contribution is -0.141. The van der Waals surface area contributed by atoms with E-state index in [0.717, 1.165) is 29.5 Å². The highest BCUT2D eigenvalue weighted by Gasteiger charge is 2.39. The normalized spacial score (nSPS) is 17.3. The minimum Gasteiger partial charge on any atom is -0.464 e. The van der Waals surface area contributed by atoms with E-state index < -0.39 is 40.5 Å². The Bertz CT molecular complexity index is 1560. The summed E-state index contributed by atoms with van der Waals surface area (Å²) in [5.41, 5.74) is 2.33. The van der Waals surface area contributed by atoms with Crippen molar-refractivity contribution in [2.75, 3.05) is 18.9 Å². The number of thioether (sulfide) groups is 1. The van der Waals surface area contributed by atoms with Gasteiger partial charge in [-0.3, -0.25) is 9.59 Å². The van der Waals surface area contributed by atoms with Crippen molar-refractivity contribution in [1.29, 1.82) is 0 Å². The Kier molecular flexibility index (Phi) is 15.6. The third kappa shape index (κ3) is 11.3. The first-order valence-corrected chi connectivity index (χ1v) is 20.1. The molecule has 1 aliphatic rings. The van der Waals surface area contributed by atoms with E-state index in [1.165, 1.54) is 0 Å². The molecule has 1 heterocycles. The molecule has 6 atom stereocenters. The number of alkyl carbamates (subject to hydrolysis) is 1. The van der Waals surface area contributed by atoms with Crippen LogP contribution in [0.1, 0.15) is 84.4 Å². The van der Waals surface area contributed by atoms with Gasteiger partial charge >= 0.3 is 12.1 Å². The Hall–Kier alpha value is -4.35. The maximum absolute atomic E-state index is 14.5. The number of benzene rings is 3. The fourth-order valence-electron chi connectivity index (χ4n) is 6.50. The molecule has 0 saturated carbocycles. The molecule has 1 aliphatic heterocycles. The van der Waals surface area contributed by atoms with Gasteiger partial charge in [0.1, 0.15) is 17.7 Å². The molecule has 54 heavy (non-hydrogen) atoms. The summed E-state index contributed by atoms with van der Waals surface area (Å²) in [7, 11) is 0. The summed E-state index contributed by atoms with van der Waals surface area (Å²) in [6.45, 7) is 14.0. The maximum Gasteiger partial charge on any atom is 0.408 e. The van der Waals surface area contributed by atoms with Crippen LogP contribution in [0.2, 0.25) is 0 Å². The summed E-state index contributed by atoms with van der Waals surface area (Å²) in [6, 6.07) is 27.9. The molecule has 1 fully saturated rings. The molecule has 3 amide bonds.